The predicted octanol–water partition coefficient (Wildman–Crippen LogP) is 3.18. The molecule has 0 spiro atoms. The van der Waals surface area contributed by atoms with E-state index in [1.807, 2.05) is 44.4 Å². The Morgan fingerprint density at radius 2 is 1.73 bits per heavy atom. The smallest absolute Gasteiger partial charge is 0.263 e. The average molecular weight is 443 g/mol. The molecule has 0 saturated heterocycles. The molecule has 9 nitrogen and oxygen atoms in total. The monoisotopic (exact) mass is 442 g/mol. The zero-order valence-electron chi connectivity index (χ0n) is 18.6. The molecule has 0 unspecified atom stereocenters. The summed E-state index contributed by atoms with van der Waals surface area (Å²) in [6, 6.07) is 8.19. The van der Waals surface area contributed by atoms with Gasteiger partial charge in [0.1, 0.15) is 11.6 Å². The standard InChI is InChI=1S/C24H26N8O/c1-16-11-26-23(14-25-16)30-19-6-5-18(10-19)29-22-8-7-20(13-27-22)32-9-3-4-21(24(32)33)17-12-28-31(2)15-17/h3-4,7-9,11-15,18-19H,5-6,10H2,1-2H3,(H,26,30)(H,27,29)/t18-,19-/m0/s1. The summed E-state index contributed by atoms with van der Waals surface area (Å²) >= 11 is 0. The van der Waals surface area contributed by atoms with Crippen LogP contribution in [0.4, 0.5) is 11.6 Å². The first-order valence-electron chi connectivity index (χ1n) is 11.0. The lowest BCUT2D eigenvalue weighted by Gasteiger charge is -2.16. The minimum atomic E-state index is -0.100. The van der Waals surface area contributed by atoms with Crippen LogP contribution in [0.3, 0.4) is 0 Å². The van der Waals surface area contributed by atoms with Crippen molar-refractivity contribution in [3.63, 3.8) is 0 Å². The SMILES string of the molecule is Cc1cnc(N[C@H]2CC[C@H](Nc3ccc(-n4cccc(-c5cnn(C)c5)c4=O)cn3)C2)cn1. The first-order valence-corrected chi connectivity index (χ1v) is 11.0. The highest BCUT2D eigenvalue weighted by atomic mass is 16.1. The van der Waals surface area contributed by atoms with Crippen molar-refractivity contribution >= 4 is 11.6 Å². The van der Waals surface area contributed by atoms with Gasteiger partial charge in [0.25, 0.3) is 5.56 Å². The van der Waals surface area contributed by atoms with Crippen LogP contribution in [-0.2, 0) is 7.05 Å². The molecule has 1 saturated carbocycles. The first-order chi connectivity index (χ1) is 16.0. The Morgan fingerprint density at radius 1 is 0.939 bits per heavy atom. The molecule has 0 bridgehead atoms. The molecule has 168 valence electrons. The van der Waals surface area contributed by atoms with Gasteiger partial charge in [0.15, 0.2) is 0 Å². The van der Waals surface area contributed by atoms with Gasteiger partial charge in [-0.25, -0.2) is 9.97 Å². The highest BCUT2D eigenvalue weighted by molar-refractivity contribution is 5.61. The molecule has 1 aliphatic rings. The lowest BCUT2D eigenvalue weighted by atomic mass is 10.1. The first kappa shape index (κ1) is 20.9. The van der Waals surface area contributed by atoms with Crippen LogP contribution in [0.15, 0.2) is 66.2 Å². The second kappa shape index (κ2) is 8.85. The number of nitrogens with zero attached hydrogens (tertiary/aromatic N) is 6. The van der Waals surface area contributed by atoms with Gasteiger partial charge in [0, 0.05) is 37.1 Å². The van der Waals surface area contributed by atoms with E-state index in [1.54, 1.807) is 40.2 Å². The van der Waals surface area contributed by atoms with E-state index >= 15 is 0 Å². The van der Waals surface area contributed by atoms with Crippen molar-refractivity contribution in [2.24, 2.45) is 7.05 Å². The lowest BCUT2D eigenvalue weighted by Crippen LogP contribution is -2.22. The number of hydrogen-bond donors (Lipinski definition) is 2. The summed E-state index contributed by atoms with van der Waals surface area (Å²) < 4.78 is 3.29. The molecule has 0 aromatic carbocycles. The van der Waals surface area contributed by atoms with Gasteiger partial charge in [-0.2, -0.15) is 5.10 Å². The molecular formula is C24H26N8O. The quantitative estimate of drug-likeness (QED) is 0.473. The minimum Gasteiger partial charge on any atom is -0.367 e. The number of rotatable bonds is 6. The molecule has 4 aromatic rings. The molecule has 4 aromatic heterocycles. The van der Waals surface area contributed by atoms with Crippen molar-refractivity contribution in [1.82, 2.24) is 29.3 Å². The summed E-state index contributed by atoms with van der Waals surface area (Å²) in [5, 5.41) is 11.1. The fourth-order valence-corrected chi connectivity index (χ4v) is 4.22. The molecule has 5 rings (SSSR count). The topological polar surface area (TPSA) is 103 Å². The normalized spacial score (nSPS) is 17.8. The largest absolute Gasteiger partial charge is 0.367 e. The molecule has 33 heavy (non-hydrogen) atoms. The van der Waals surface area contributed by atoms with Crippen molar-refractivity contribution in [3.8, 4) is 16.8 Å². The fourth-order valence-electron chi connectivity index (χ4n) is 4.22. The Bertz CT molecular complexity index is 1290. The van der Waals surface area contributed by atoms with E-state index in [-0.39, 0.29) is 5.56 Å². The van der Waals surface area contributed by atoms with E-state index in [0.29, 0.717) is 17.6 Å². The van der Waals surface area contributed by atoms with E-state index in [0.717, 1.165) is 47.8 Å². The van der Waals surface area contributed by atoms with Crippen LogP contribution in [0.2, 0.25) is 0 Å². The van der Waals surface area contributed by atoms with Crippen molar-refractivity contribution in [2.45, 2.75) is 38.3 Å². The van der Waals surface area contributed by atoms with Crippen LogP contribution >= 0.6 is 0 Å². The summed E-state index contributed by atoms with van der Waals surface area (Å²) in [6.07, 6.45) is 13.7. The summed E-state index contributed by atoms with van der Waals surface area (Å²) in [5.74, 6) is 1.61. The molecule has 0 aliphatic heterocycles. The maximum absolute atomic E-state index is 13.0. The van der Waals surface area contributed by atoms with Gasteiger partial charge in [-0.05, 0) is 50.5 Å². The van der Waals surface area contributed by atoms with E-state index in [1.165, 1.54) is 0 Å². The second-order valence-corrected chi connectivity index (χ2v) is 8.44. The highest BCUT2D eigenvalue weighted by Crippen LogP contribution is 2.25. The van der Waals surface area contributed by atoms with Crippen molar-refractivity contribution in [1.29, 1.82) is 0 Å². The van der Waals surface area contributed by atoms with Gasteiger partial charge < -0.3 is 10.6 Å². The Hall–Kier alpha value is -4.01. The molecule has 9 heteroatoms. The predicted molar refractivity (Wildman–Crippen MR) is 127 cm³/mol. The van der Waals surface area contributed by atoms with Gasteiger partial charge in [-0.15, -0.1) is 0 Å². The summed E-state index contributed by atoms with van der Waals surface area (Å²) in [5.41, 5.74) is 2.93. The third-order valence-corrected chi connectivity index (χ3v) is 5.91. The number of nitrogens with one attached hydrogen (secondary N) is 2. The van der Waals surface area contributed by atoms with E-state index < -0.39 is 0 Å². The summed E-state index contributed by atoms with van der Waals surface area (Å²) in [6.45, 7) is 1.93. The molecule has 1 aliphatic carbocycles. The van der Waals surface area contributed by atoms with Gasteiger partial charge >= 0.3 is 0 Å². The zero-order valence-corrected chi connectivity index (χ0v) is 18.6. The Kier molecular flexibility index (Phi) is 5.60. The number of aromatic nitrogens is 6. The molecule has 4 heterocycles. The Labute approximate surface area is 191 Å². The van der Waals surface area contributed by atoms with E-state index in [9.17, 15) is 4.79 Å². The molecule has 0 radical (unpaired) electrons. The van der Waals surface area contributed by atoms with Crippen molar-refractivity contribution in [2.75, 3.05) is 10.6 Å². The van der Waals surface area contributed by atoms with Crippen LogP contribution in [0.25, 0.3) is 16.8 Å². The van der Waals surface area contributed by atoms with Gasteiger partial charge in [-0.1, -0.05) is 0 Å². The molecule has 1 fully saturated rings. The summed E-state index contributed by atoms with van der Waals surface area (Å²) in [4.78, 5) is 26.2. The van der Waals surface area contributed by atoms with Gasteiger partial charge in [0.05, 0.1) is 41.7 Å². The highest BCUT2D eigenvalue weighted by Gasteiger charge is 2.25. The second-order valence-electron chi connectivity index (χ2n) is 8.44. The number of anilines is 2. The average Bonchev–Trinajstić information content (AvgIpc) is 3.45. The molecule has 2 atom stereocenters. The maximum atomic E-state index is 13.0. The number of hydrogen-bond acceptors (Lipinski definition) is 7. The number of pyridine rings is 2. The van der Waals surface area contributed by atoms with E-state index in [4.69, 9.17) is 0 Å². The van der Waals surface area contributed by atoms with Crippen LogP contribution < -0.4 is 16.2 Å². The zero-order chi connectivity index (χ0) is 22.8. The summed E-state index contributed by atoms with van der Waals surface area (Å²) in [7, 11) is 1.83. The minimum absolute atomic E-state index is 0.100. The maximum Gasteiger partial charge on any atom is 0.263 e. The van der Waals surface area contributed by atoms with Crippen LogP contribution in [0.5, 0.6) is 0 Å². The van der Waals surface area contributed by atoms with Crippen molar-refractivity contribution < 1.29 is 0 Å². The molecule has 0 amide bonds. The van der Waals surface area contributed by atoms with E-state index in [2.05, 4.69) is 30.7 Å². The van der Waals surface area contributed by atoms with Crippen LogP contribution in [-0.4, -0.2) is 41.4 Å². The molecular weight excluding hydrogens is 416 g/mol. The fraction of sp³-hybridized carbons (Fsp3) is 0.292. The number of aryl methyl sites for hydroxylation is 2. The van der Waals surface area contributed by atoms with Gasteiger partial charge in [-0.3, -0.25) is 19.0 Å². The third kappa shape index (κ3) is 4.62. The van der Waals surface area contributed by atoms with Crippen LogP contribution in [0, 0.1) is 6.92 Å². The lowest BCUT2D eigenvalue weighted by molar-refractivity contribution is 0.719. The molecule has 2 N–H and O–H groups in total. The van der Waals surface area contributed by atoms with Crippen molar-refractivity contribution in [3.05, 3.63) is 77.5 Å². The van der Waals surface area contributed by atoms with Gasteiger partial charge in [0.2, 0.25) is 0 Å². The van der Waals surface area contributed by atoms with Crippen LogP contribution in [0.1, 0.15) is 25.0 Å². The Balaban J connectivity index is 1.24. The third-order valence-electron chi connectivity index (χ3n) is 5.91. The Morgan fingerprint density at radius 3 is 2.39 bits per heavy atom.